The molecule has 0 aliphatic rings. The Kier molecular flexibility index (Phi) is 5.58. The number of ether oxygens (including phenoxy) is 1. The van der Waals surface area contributed by atoms with Crippen LogP contribution in [0.25, 0.3) is 0 Å². The lowest BCUT2D eigenvalue weighted by Crippen LogP contribution is -2.22. The van der Waals surface area contributed by atoms with Crippen molar-refractivity contribution in [2.24, 2.45) is 5.73 Å². The molecule has 1 aromatic rings. The molecule has 0 unspecified atom stereocenters. The zero-order valence-electron chi connectivity index (χ0n) is 10.7. The van der Waals surface area contributed by atoms with Gasteiger partial charge < -0.3 is 10.5 Å². The highest BCUT2D eigenvalue weighted by Gasteiger charge is 2.16. The van der Waals surface area contributed by atoms with E-state index in [4.69, 9.17) is 34.3 Å². The molecule has 1 rings (SSSR count). The Bertz CT molecular complexity index is 570. The highest BCUT2D eigenvalue weighted by Crippen LogP contribution is 2.22. The van der Waals surface area contributed by atoms with Crippen LogP contribution < -0.4 is 10.5 Å². The van der Waals surface area contributed by atoms with Crippen molar-refractivity contribution in [3.63, 3.8) is 0 Å². The molecule has 0 aromatic heterocycles. The van der Waals surface area contributed by atoms with Crippen molar-refractivity contribution in [1.29, 1.82) is 0 Å². The first kappa shape index (κ1) is 16.2. The molecule has 1 aromatic carbocycles. The Hall–Kier alpha value is -0.850. The van der Waals surface area contributed by atoms with Crippen LogP contribution in [0.4, 0.5) is 0 Å². The standard InChI is InChI=1S/C12H16ClNO3S2/c1-8(2)19(15,16)6-5-17-9-3-4-10(12(14)18)11(13)7-9/h3-4,7-8H,5-6H2,1-2H3,(H2,14,18). The van der Waals surface area contributed by atoms with Crippen LogP contribution >= 0.6 is 23.8 Å². The minimum Gasteiger partial charge on any atom is -0.492 e. The fraction of sp³-hybridized carbons (Fsp3) is 0.417. The molecule has 4 nitrogen and oxygen atoms in total. The molecular formula is C12H16ClNO3S2. The second-order valence-corrected chi connectivity index (χ2v) is 7.79. The summed E-state index contributed by atoms with van der Waals surface area (Å²) >= 11 is 10.8. The van der Waals surface area contributed by atoms with Gasteiger partial charge in [-0.15, -0.1) is 0 Å². The first-order valence-electron chi connectivity index (χ1n) is 5.68. The van der Waals surface area contributed by atoms with E-state index in [0.29, 0.717) is 16.3 Å². The van der Waals surface area contributed by atoms with Gasteiger partial charge in [0.1, 0.15) is 17.3 Å². The summed E-state index contributed by atoms with van der Waals surface area (Å²) in [5.41, 5.74) is 6.05. The van der Waals surface area contributed by atoms with Crippen molar-refractivity contribution < 1.29 is 13.2 Å². The van der Waals surface area contributed by atoms with Crippen LogP contribution in [0, 0.1) is 0 Å². The van der Waals surface area contributed by atoms with E-state index in [1.54, 1.807) is 32.0 Å². The topological polar surface area (TPSA) is 69.4 Å². The minimum atomic E-state index is -3.10. The van der Waals surface area contributed by atoms with Crippen LogP contribution in [0.5, 0.6) is 5.75 Å². The van der Waals surface area contributed by atoms with Gasteiger partial charge in [-0.05, 0) is 32.0 Å². The van der Waals surface area contributed by atoms with Crippen LogP contribution in [-0.4, -0.2) is 31.0 Å². The lowest BCUT2D eigenvalue weighted by molar-refractivity contribution is 0.340. The average molecular weight is 322 g/mol. The fourth-order valence-corrected chi connectivity index (χ4v) is 2.59. The van der Waals surface area contributed by atoms with Crippen molar-refractivity contribution >= 4 is 38.6 Å². The zero-order valence-corrected chi connectivity index (χ0v) is 13.1. The van der Waals surface area contributed by atoms with Crippen molar-refractivity contribution in [3.05, 3.63) is 28.8 Å². The van der Waals surface area contributed by atoms with E-state index in [1.807, 2.05) is 0 Å². The first-order valence-corrected chi connectivity index (χ1v) is 8.18. The van der Waals surface area contributed by atoms with Crippen LogP contribution in [-0.2, 0) is 9.84 Å². The van der Waals surface area contributed by atoms with Gasteiger partial charge in [0.05, 0.1) is 16.0 Å². The molecule has 106 valence electrons. The van der Waals surface area contributed by atoms with E-state index in [0.717, 1.165) is 0 Å². The lowest BCUT2D eigenvalue weighted by Gasteiger charge is -2.10. The maximum absolute atomic E-state index is 11.6. The van der Waals surface area contributed by atoms with E-state index in [2.05, 4.69) is 0 Å². The van der Waals surface area contributed by atoms with Crippen molar-refractivity contribution in [2.75, 3.05) is 12.4 Å². The summed E-state index contributed by atoms with van der Waals surface area (Å²) in [5, 5.41) is -0.0200. The first-order chi connectivity index (χ1) is 8.74. The normalized spacial score (nSPS) is 11.6. The number of thiocarbonyl (C=S) groups is 1. The fourth-order valence-electron chi connectivity index (χ4n) is 1.30. The third-order valence-corrected chi connectivity index (χ3v) is 5.27. The SMILES string of the molecule is CC(C)S(=O)(=O)CCOc1ccc(C(N)=S)c(Cl)c1. The molecule has 19 heavy (non-hydrogen) atoms. The van der Waals surface area contributed by atoms with Gasteiger partial charge in [0, 0.05) is 5.56 Å². The third-order valence-electron chi connectivity index (χ3n) is 2.56. The molecule has 0 atom stereocenters. The average Bonchev–Trinajstić information content (AvgIpc) is 2.28. The summed E-state index contributed by atoms with van der Waals surface area (Å²) in [5.74, 6) is 0.461. The molecule has 0 fully saturated rings. The van der Waals surface area contributed by atoms with E-state index < -0.39 is 15.1 Å². The lowest BCUT2D eigenvalue weighted by atomic mass is 10.2. The third kappa shape index (κ3) is 4.63. The van der Waals surface area contributed by atoms with E-state index in [1.165, 1.54) is 0 Å². The van der Waals surface area contributed by atoms with Crippen LogP contribution in [0.2, 0.25) is 5.02 Å². The van der Waals surface area contributed by atoms with Crippen LogP contribution in [0.3, 0.4) is 0 Å². The van der Waals surface area contributed by atoms with E-state index in [9.17, 15) is 8.42 Å². The second-order valence-electron chi connectivity index (χ2n) is 4.27. The minimum absolute atomic E-state index is 0.0284. The smallest absolute Gasteiger partial charge is 0.155 e. The molecule has 0 saturated heterocycles. The molecular weight excluding hydrogens is 306 g/mol. The van der Waals surface area contributed by atoms with Gasteiger partial charge in [0.25, 0.3) is 0 Å². The van der Waals surface area contributed by atoms with Gasteiger partial charge in [-0.2, -0.15) is 0 Å². The van der Waals surface area contributed by atoms with Gasteiger partial charge in [0.15, 0.2) is 9.84 Å². The summed E-state index contributed by atoms with van der Waals surface area (Å²) in [6.45, 7) is 3.37. The van der Waals surface area contributed by atoms with Gasteiger partial charge in [-0.3, -0.25) is 0 Å². The Morgan fingerprint density at radius 3 is 2.58 bits per heavy atom. The molecule has 0 bridgehead atoms. The largest absolute Gasteiger partial charge is 0.492 e. The van der Waals surface area contributed by atoms with Crippen LogP contribution in [0.1, 0.15) is 19.4 Å². The Labute approximate surface area is 123 Å². The summed E-state index contributed by atoms with van der Waals surface area (Å²) in [6.07, 6.45) is 0. The predicted molar refractivity (Wildman–Crippen MR) is 81.8 cm³/mol. The monoisotopic (exact) mass is 321 g/mol. The summed E-state index contributed by atoms with van der Waals surface area (Å²) in [6, 6.07) is 4.87. The van der Waals surface area contributed by atoms with Crippen molar-refractivity contribution in [3.8, 4) is 5.75 Å². The van der Waals surface area contributed by atoms with E-state index >= 15 is 0 Å². The number of halogens is 1. The van der Waals surface area contributed by atoms with E-state index in [-0.39, 0.29) is 17.3 Å². The Morgan fingerprint density at radius 2 is 2.11 bits per heavy atom. The molecule has 0 spiro atoms. The number of nitrogens with two attached hydrogens (primary N) is 1. The molecule has 0 radical (unpaired) electrons. The number of hydrogen-bond acceptors (Lipinski definition) is 4. The highest BCUT2D eigenvalue weighted by atomic mass is 35.5. The van der Waals surface area contributed by atoms with Crippen LogP contribution in [0.15, 0.2) is 18.2 Å². The van der Waals surface area contributed by atoms with Gasteiger partial charge in [-0.1, -0.05) is 23.8 Å². The van der Waals surface area contributed by atoms with Gasteiger partial charge in [-0.25, -0.2) is 8.42 Å². The predicted octanol–water partition coefficient (Wildman–Crippen LogP) is 2.18. The summed E-state index contributed by atoms with van der Waals surface area (Å²) in [7, 11) is -3.10. The van der Waals surface area contributed by atoms with Crippen molar-refractivity contribution in [1.82, 2.24) is 0 Å². The molecule has 7 heteroatoms. The van der Waals surface area contributed by atoms with Crippen molar-refractivity contribution in [2.45, 2.75) is 19.1 Å². The molecule has 2 N–H and O–H groups in total. The summed E-state index contributed by atoms with van der Waals surface area (Å²) < 4.78 is 28.5. The number of hydrogen-bond donors (Lipinski definition) is 1. The second kappa shape index (κ2) is 6.54. The molecule has 0 saturated carbocycles. The molecule has 0 aliphatic carbocycles. The number of rotatable bonds is 6. The number of benzene rings is 1. The summed E-state index contributed by atoms with van der Waals surface area (Å²) in [4.78, 5) is 0.207. The number of sulfone groups is 1. The molecule has 0 heterocycles. The maximum Gasteiger partial charge on any atom is 0.155 e. The Morgan fingerprint density at radius 1 is 1.47 bits per heavy atom. The maximum atomic E-state index is 11.6. The molecule has 0 aliphatic heterocycles. The zero-order chi connectivity index (χ0) is 14.6. The highest BCUT2D eigenvalue weighted by molar-refractivity contribution is 7.92. The quantitative estimate of drug-likeness (QED) is 0.813. The van der Waals surface area contributed by atoms with Gasteiger partial charge >= 0.3 is 0 Å². The molecule has 0 amide bonds. The Balaban J connectivity index is 2.65. The van der Waals surface area contributed by atoms with Gasteiger partial charge in [0.2, 0.25) is 0 Å².